The van der Waals surface area contributed by atoms with Crippen molar-refractivity contribution in [2.75, 3.05) is 6.54 Å². The number of aromatic amines is 1. The van der Waals surface area contributed by atoms with E-state index in [2.05, 4.69) is 93.7 Å². The fraction of sp³-hybridized carbons (Fsp3) is 0.167. The average molecular weight is 419 g/mol. The van der Waals surface area contributed by atoms with Crippen LogP contribution in [0.5, 0.6) is 0 Å². The molecule has 0 unspecified atom stereocenters. The Morgan fingerprint density at radius 3 is 2.30 bits per heavy atom. The van der Waals surface area contributed by atoms with Gasteiger partial charge >= 0.3 is 0 Å². The first-order valence-electron chi connectivity index (χ1n) is 9.43. The second-order valence-corrected chi connectivity index (χ2v) is 7.65. The van der Waals surface area contributed by atoms with Crippen LogP contribution in [0.4, 0.5) is 0 Å². The Balaban J connectivity index is 1.92. The number of hydrogen-bond acceptors (Lipinski definition) is 1. The van der Waals surface area contributed by atoms with Gasteiger partial charge in [-0.3, -0.25) is 0 Å². The van der Waals surface area contributed by atoms with E-state index in [0.29, 0.717) is 0 Å². The highest BCUT2D eigenvalue weighted by atomic mass is 79.9. The lowest BCUT2D eigenvalue weighted by Crippen LogP contribution is -1.99. The number of benzene rings is 3. The number of para-hydroxylation sites is 1. The minimum atomic E-state index is 0.738. The van der Waals surface area contributed by atoms with Gasteiger partial charge in [-0.1, -0.05) is 66.7 Å². The van der Waals surface area contributed by atoms with E-state index in [9.17, 15) is 0 Å². The molecule has 3 heteroatoms. The van der Waals surface area contributed by atoms with E-state index in [4.69, 9.17) is 5.73 Å². The van der Waals surface area contributed by atoms with Crippen molar-refractivity contribution in [1.82, 2.24) is 4.98 Å². The Kier molecular flexibility index (Phi) is 5.42. The standard InChI is InChI=1S/C24H23BrN2/c25-22-15-8-14-21-20(13-6-7-16-26)23(27-24(21)22)19-12-5-4-11-18(19)17-9-2-1-3-10-17/h1-5,8-12,14-15,27H,6-7,13,16,26H2. The maximum Gasteiger partial charge on any atom is 0.0606 e. The average Bonchev–Trinajstić information content (AvgIpc) is 3.09. The number of H-pyrrole nitrogens is 1. The normalized spacial score (nSPS) is 11.2. The van der Waals surface area contributed by atoms with Crippen molar-refractivity contribution in [2.24, 2.45) is 5.73 Å². The molecular weight excluding hydrogens is 396 g/mol. The molecule has 27 heavy (non-hydrogen) atoms. The maximum atomic E-state index is 5.74. The fourth-order valence-corrected chi connectivity index (χ4v) is 4.21. The van der Waals surface area contributed by atoms with Crippen molar-refractivity contribution >= 4 is 26.8 Å². The minimum absolute atomic E-state index is 0.738. The Morgan fingerprint density at radius 2 is 1.52 bits per heavy atom. The van der Waals surface area contributed by atoms with E-state index in [1.807, 2.05) is 0 Å². The third-order valence-electron chi connectivity index (χ3n) is 5.05. The Bertz CT molecular complexity index is 1050. The molecular formula is C24H23BrN2. The molecule has 0 fully saturated rings. The van der Waals surface area contributed by atoms with Crippen molar-refractivity contribution in [1.29, 1.82) is 0 Å². The first-order chi connectivity index (χ1) is 13.3. The van der Waals surface area contributed by atoms with E-state index in [1.165, 1.54) is 33.3 Å². The number of aryl methyl sites for hydroxylation is 1. The Labute approximate surface area is 168 Å². The number of unbranched alkanes of at least 4 members (excludes halogenated alkanes) is 1. The number of nitrogens with two attached hydrogens (primary N) is 1. The van der Waals surface area contributed by atoms with Gasteiger partial charge in [0.1, 0.15) is 0 Å². The van der Waals surface area contributed by atoms with E-state index in [1.54, 1.807) is 0 Å². The molecule has 0 aliphatic carbocycles. The van der Waals surface area contributed by atoms with Crippen molar-refractivity contribution in [2.45, 2.75) is 19.3 Å². The molecule has 1 aromatic heterocycles. The van der Waals surface area contributed by atoms with E-state index in [-0.39, 0.29) is 0 Å². The molecule has 3 aromatic carbocycles. The molecule has 0 saturated carbocycles. The molecule has 0 saturated heterocycles. The summed E-state index contributed by atoms with van der Waals surface area (Å²) in [5.74, 6) is 0. The van der Waals surface area contributed by atoms with Crippen molar-refractivity contribution in [3.05, 3.63) is 82.8 Å². The monoisotopic (exact) mass is 418 g/mol. The van der Waals surface area contributed by atoms with Crippen LogP contribution in [0.25, 0.3) is 33.3 Å². The molecule has 136 valence electrons. The summed E-state index contributed by atoms with van der Waals surface area (Å²) in [6.45, 7) is 0.738. The molecule has 0 bridgehead atoms. The third-order valence-corrected chi connectivity index (χ3v) is 5.71. The zero-order chi connectivity index (χ0) is 18.6. The van der Waals surface area contributed by atoms with Crippen molar-refractivity contribution in [3.8, 4) is 22.4 Å². The summed E-state index contributed by atoms with van der Waals surface area (Å²) in [4.78, 5) is 3.71. The predicted molar refractivity (Wildman–Crippen MR) is 119 cm³/mol. The first-order valence-corrected chi connectivity index (χ1v) is 10.2. The zero-order valence-corrected chi connectivity index (χ0v) is 16.8. The number of hydrogen-bond donors (Lipinski definition) is 2. The van der Waals surface area contributed by atoms with Crippen LogP contribution >= 0.6 is 15.9 Å². The lowest BCUT2D eigenvalue weighted by atomic mass is 9.94. The van der Waals surface area contributed by atoms with Gasteiger partial charge in [0.15, 0.2) is 0 Å². The van der Waals surface area contributed by atoms with E-state index in [0.717, 1.165) is 35.8 Å². The summed E-state index contributed by atoms with van der Waals surface area (Å²) in [6.07, 6.45) is 3.16. The van der Waals surface area contributed by atoms with Crippen LogP contribution in [-0.2, 0) is 6.42 Å². The molecule has 0 aliphatic heterocycles. The van der Waals surface area contributed by atoms with Gasteiger partial charge in [-0.15, -0.1) is 0 Å². The van der Waals surface area contributed by atoms with Gasteiger partial charge in [-0.25, -0.2) is 0 Å². The molecule has 1 heterocycles. The predicted octanol–water partition coefficient (Wildman–Crippen LogP) is 6.55. The summed E-state index contributed by atoms with van der Waals surface area (Å²) in [5.41, 5.74) is 13.2. The Morgan fingerprint density at radius 1 is 0.778 bits per heavy atom. The molecule has 0 radical (unpaired) electrons. The quantitative estimate of drug-likeness (QED) is 0.342. The summed E-state index contributed by atoms with van der Waals surface area (Å²) < 4.78 is 1.10. The van der Waals surface area contributed by atoms with Crippen LogP contribution in [0.3, 0.4) is 0 Å². The van der Waals surface area contributed by atoms with Crippen LogP contribution < -0.4 is 5.73 Å². The van der Waals surface area contributed by atoms with E-state index < -0.39 is 0 Å². The number of aromatic nitrogens is 1. The van der Waals surface area contributed by atoms with Crippen LogP contribution in [-0.4, -0.2) is 11.5 Å². The smallest absolute Gasteiger partial charge is 0.0606 e. The highest BCUT2D eigenvalue weighted by Crippen LogP contribution is 2.39. The van der Waals surface area contributed by atoms with Crippen LogP contribution in [0.15, 0.2) is 77.3 Å². The van der Waals surface area contributed by atoms with Gasteiger partial charge < -0.3 is 10.7 Å². The summed E-state index contributed by atoms with van der Waals surface area (Å²) >= 11 is 3.71. The fourth-order valence-electron chi connectivity index (χ4n) is 3.74. The summed E-state index contributed by atoms with van der Waals surface area (Å²) in [7, 11) is 0. The van der Waals surface area contributed by atoms with E-state index >= 15 is 0 Å². The highest BCUT2D eigenvalue weighted by Gasteiger charge is 2.17. The SMILES string of the molecule is NCCCCc1c(-c2ccccc2-c2ccccc2)[nH]c2c(Br)cccc12. The first kappa shape index (κ1) is 18.0. The molecule has 4 rings (SSSR count). The van der Waals surface area contributed by atoms with Crippen LogP contribution in [0.2, 0.25) is 0 Å². The Hall–Kier alpha value is -2.36. The number of halogens is 1. The van der Waals surface area contributed by atoms with Crippen LogP contribution in [0, 0.1) is 0 Å². The molecule has 0 aliphatic rings. The van der Waals surface area contributed by atoms with Gasteiger partial charge in [0.25, 0.3) is 0 Å². The van der Waals surface area contributed by atoms with Gasteiger partial charge in [0.2, 0.25) is 0 Å². The minimum Gasteiger partial charge on any atom is -0.353 e. The van der Waals surface area contributed by atoms with Gasteiger partial charge in [-0.2, -0.15) is 0 Å². The maximum absolute atomic E-state index is 5.74. The molecule has 3 N–H and O–H groups in total. The van der Waals surface area contributed by atoms with Crippen molar-refractivity contribution < 1.29 is 0 Å². The van der Waals surface area contributed by atoms with Gasteiger partial charge in [0.05, 0.1) is 11.2 Å². The number of nitrogens with one attached hydrogen (secondary N) is 1. The second-order valence-electron chi connectivity index (χ2n) is 6.80. The largest absolute Gasteiger partial charge is 0.353 e. The second kappa shape index (κ2) is 8.12. The summed E-state index contributed by atoms with van der Waals surface area (Å²) in [6, 6.07) is 25.7. The molecule has 4 aromatic rings. The lowest BCUT2D eigenvalue weighted by Gasteiger charge is -2.11. The van der Waals surface area contributed by atoms with Gasteiger partial charge in [0, 0.05) is 15.4 Å². The van der Waals surface area contributed by atoms with Gasteiger partial charge in [-0.05, 0) is 64.5 Å². The molecule has 2 nitrogen and oxygen atoms in total. The topological polar surface area (TPSA) is 41.8 Å². The zero-order valence-electron chi connectivity index (χ0n) is 15.2. The molecule has 0 spiro atoms. The molecule has 0 atom stereocenters. The summed E-state index contributed by atoms with van der Waals surface area (Å²) in [5, 5.41) is 1.29. The molecule has 0 amide bonds. The highest BCUT2D eigenvalue weighted by molar-refractivity contribution is 9.10. The number of fused-ring (bicyclic) bond motifs is 1. The third kappa shape index (κ3) is 3.58. The number of rotatable bonds is 6. The van der Waals surface area contributed by atoms with Crippen molar-refractivity contribution in [3.63, 3.8) is 0 Å². The van der Waals surface area contributed by atoms with Crippen LogP contribution in [0.1, 0.15) is 18.4 Å². The lowest BCUT2D eigenvalue weighted by molar-refractivity contribution is 0.748.